The highest BCUT2D eigenvalue weighted by molar-refractivity contribution is 5.81. The summed E-state index contributed by atoms with van der Waals surface area (Å²) in [7, 11) is 0. The summed E-state index contributed by atoms with van der Waals surface area (Å²) in [5.41, 5.74) is 1.36. The fourth-order valence-electron chi connectivity index (χ4n) is 4.28. The number of hydrogen-bond acceptors (Lipinski definition) is 3. The predicted octanol–water partition coefficient (Wildman–Crippen LogP) is 4.08. The van der Waals surface area contributed by atoms with Crippen molar-refractivity contribution in [3.63, 3.8) is 0 Å². The number of benzene rings is 1. The van der Waals surface area contributed by atoms with E-state index < -0.39 is 0 Å². The zero-order valence-corrected chi connectivity index (χ0v) is 13.4. The number of carbonyl (C=O) groups is 1. The fraction of sp³-hybridized carbons (Fsp3) is 0.611. The van der Waals surface area contributed by atoms with Crippen LogP contribution in [0.2, 0.25) is 0 Å². The van der Waals surface area contributed by atoms with E-state index in [0.717, 1.165) is 24.0 Å². The average Bonchev–Trinajstić information content (AvgIpc) is 2.43. The second-order valence-electron chi connectivity index (χ2n) is 6.74. The molecule has 2 N–H and O–H groups in total. The van der Waals surface area contributed by atoms with Gasteiger partial charge in [0.15, 0.2) is 11.5 Å². The summed E-state index contributed by atoms with van der Waals surface area (Å²) in [6, 6.07) is 3.35. The molecule has 1 saturated carbocycles. The number of rotatable bonds is 3. The van der Waals surface area contributed by atoms with Crippen molar-refractivity contribution in [3.05, 3.63) is 23.3 Å². The van der Waals surface area contributed by atoms with Crippen LogP contribution in [0.5, 0.6) is 11.5 Å². The van der Waals surface area contributed by atoms with Crippen molar-refractivity contribution >= 4 is 5.78 Å². The standard InChI is InChI=1S/C18H26O3/c1-5-18(10-13(19)7-8-14(18)11(2)3)16-12(4)6-9-15(20)17(16)21/h6,9,11,14,20-21H,5,7-8,10H2,1-4H3. The van der Waals surface area contributed by atoms with Crippen LogP contribution in [0.3, 0.4) is 0 Å². The lowest BCUT2D eigenvalue weighted by molar-refractivity contribution is -0.124. The summed E-state index contributed by atoms with van der Waals surface area (Å²) in [5, 5.41) is 20.4. The minimum absolute atomic E-state index is 0.0443. The monoisotopic (exact) mass is 290 g/mol. The van der Waals surface area contributed by atoms with Gasteiger partial charge in [-0.05, 0) is 43.2 Å². The minimum Gasteiger partial charge on any atom is -0.504 e. The summed E-state index contributed by atoms with van der Waals surface area (Å²) >= 11 is 0. The number of Topliss-reactive ketones (excluding diaryl/α,β-unsaturated/α-hetero) is 1. The maximum atomic E-state index is 12.1. The Balaban J connectivity index is 2.68. The van der Waals surface area contributed by atoms with E-state index in [4.69, 9.17) is 0 Å². The van der Waals surface area contributed by atoms with Crippen LogP contribution < -0.4 is 0 Å². The lowest BCUT2D eigenvalue weighted by Gasteiger charge is -2.46. The van der Waals surface area contributed by atoms with Gasteiger partial charge in [-0.1, -0.05) is 26.8 Å². The largest absolute Gasteiger partial charge is 0.504 e. The van der Waals surface area contributed by atoms with Crippen LogP contribution in [0.4, 0.5) is 0 Å². The van der Waals surface area contributed by atoms with E-state index in [9.17, 15) is 15.0 Å². The Bertz CT molecular complexity index is 548. The molecule has 0 aromatic heterocycles. The molecule has 1 aliphatic carbocycles. The Morgan fingerprint density at radius 2 is 2.00 bits per heavy atom. The molecule has 0 amide bonds. The van der Waals surface area contributed by atoms with E-state index in [1.807, 2.05) is 13.0 Å². The van der Waals surface area contributed by atoms with Gasteiger partial charge in [0.05, 0.1) is 0 Å². The number of aromatic hydroxyl groups is 2. The average molecular weight is 290 g/mol. The Kier molecular flexibility index (Phi) is 4.31. The van der Waals surface area contributed by atoms with Crippen molar-refractivity contribution in [1.82, 2.24) is 0 Å². The first-order valence-corrected chi connectivity index (χ1v) is 7.87. The van der Waals surface area contributed by atoms with Gasteiger partial charge in [-0.2, -0.15) is 0 Å². The molecule has 2 rings (SSSR count). The first-order chi connectivity index (χ1) is 9.83. The summed E-state index contributed by atoms with van der Waals surface area (Å²) in [6.45, 7) is 8.39. The molecular formula is C18H26O3. The fourth-order valence-corrected chi connectivity index (χ4v) is 4.28. The zero-order valence-electron chi connectivity index (χ0n) is 13.4. The smallest absolute Gasteiger partial charge is 0.161 e. The second kappa shape index (κ2) is 5.70. The molecule has 1 aromatic rings. The Morgan fingerprint density at radius 3 is 2.57 bits per heavy atom. The maximum Gasteiger partial charge on any atom is 0.161 e. The third-order valence-corrected chi connectivity index (χ3v) is 5.26. The normalized spacial score (nSPS) is 26.3. The van der Waals surface area contributed by atoms with Gasteiger partial charge < -0.3 is 10.2 Å². The van der Waals surface area contributed by atoms with Crippen LogP contribution in [0.25, 0.3) is 0 Å². The van der Waals surface area contributed by atoms with Crippen LogP contribution >= 0.6 is 0 Å². The summed E-state index contributed by atoms with van der Waals surface area (Å²) in [6.07, 6.45) is 2.74. The Morgan fingerprint density at radius 1 is 1.33 bits per heavy atom. The molecule has 2 atom stereocenters. The van der Waals surface area contributed by atoms with Crippen LogP contribution in [0.15, 0.2) is 12.1 Å². The summed E-state index contributed by atoms with van der Waals surface area (Å²) in [5.74, 6) is 0.892. The van der Waals surface area contributed by atoms with Crippen molar-refractivity contribution < 1.29 is 15.0 Å². The topological polar surface area (TPSA) is 57.5 Å². The predicted molar refractivity (Wildman–Crippen MR) is 83.7 cm³/mol. The molecule has 0 heterocycles. The molecule has 0 bridgehead atoms. The molecule has 0 aliphatic heterocycles. The quantitative estimate of drug-likeness (QED) is 0.825. The van der Waals surface area contributed by atoms with Crippen molar-refractivity contribution in [2.75, 3.05) is 0 Å². The van der Waals surface area contributed by atoms with E-state index in [-0.39, 0.29) is 22.7 Å². The molecule has 3 heteroatoms. The van der Waals surface area contributed by atoms with E-state index in [0.29, 0.717) is 24.7 Å². The Labute approximate surface area is 127 Å². The molecule has 0 saturated heterocycles. The lowest BCUT2D eigenvalue weighted by atomic mass is 9.57. The number of hydrogen-bond donors (Lipinski definition) is 2. The number of phenolic OH excluding ortho intramolecular Hbond substituents is 2. The van der Waals surface area contributed by atoms with Gasteiger partial charge in [-0.15, -0.1) is 0 Å². The third kappa shape index (κ3) is 2.54. The van der Waals surface area contributed by atoms with Crippen LogP contribution in [0.1, 0.15) is 57.6 Å². The Hall–Kier alpha value is -1.51. The van der Waals surface area contributed by atoms with Crippen molar-refractivity contribution in [2.24, 2.45) is 11.8 Å². The first-order valence-electron chi connectivity index (χ1n) is 7.87. The number of ketones is 1. The van der Waals surface area contributed by atoms with Crippen LogP contribution in [0, 0.1) is 18.8 Å². The number of aryl methyl sites for hydroxylation is 1. The third-order valence-electron chi connectivity index (χ3n) is 5.26. The van der Waals surface area contributed by atoms with Gasteiger partial charge >= 0.3 is 0 Å². The van der Waals surface area contributed by atoms with E-state index in [1.165, 1.54) is 6.07 Å². The van der Waals surface area contributed by atoms with Crippen LogP contribution in [-0.2, 0) is 10.2 Å². The molecule has 0 radical (unpaired) electrons. The van der Waals surface area contributed by atoms with E-state index in [2.05, 4.69) is 20.8 Å². The van der Waals surface area contributed by atoms with Gasteiger partial charge in [-0.25, -0.2) is 0 Å². The first kappa shape index (κ1) is 15.9. The van der Waals surface area contributed by atoms with Gasteiger partial charge in [0.2, 0.25) is 0 Å². The van der Waals surface area contributed by atoms with Crippen molar-refractivity contribution in [1.29, 1.82) is 0 Å². The molecule has 2 unspecified atom stereocenters. The second-order valence-corrected chi connectivity index (χ2v) is 6.74. The maximum absolute atomic E-state index is 12.1. The summed E-state index contributed by atoms with van der Waals surface area (Å²) in [4.78, 5) is 12.1. The number of carbonyl (C=O) groups excluding carboxylic acids is 1. The van der Waals surface area contributed by atoms with Gasteiger partial charge in [-0.3, -0.25) is 4.79 Å². The van der Waals surface area contributed by atoms with Crippen LogP contribution in [-0.4, -0.2) is 16.0 Å². The van der Waals surface area contributed by atoms with E-state index in [1.54, 1.807) is 0 Å². The molecule has 0 spiro atoms. The van der Waals surface area contributed by atoms with Gasteiger partial charge in [0, 0.05) is 23.8 Å². The highest BCUT2D eigenvalue weighted by Crippen LogP contribution is 2.53. The lowest BCUT2D eigenvalue weighted by Crippen LogP contribution is -2.44. The molecular weight excluding hydrogens is 264 g/mol. The summed E-state index contributed by atoms with van der Waals surface area (Å²) < 4.78 is 0. The van der Waals surface area contributed by atoms with Gasteiger partial charge in [0.25, 0.3) is 0 Å². The molecule has 1 aromatic carbocycles. The molecule has 21 heavy (non-hydrogen) atoms. The van der Waals surface area contributed by atoms with Crippen molar-refractivity contribution in [3.8, 4) is 11.5 Å². The molecule has 3 nitrogen and oxygen atoms in total. The SMILES string of the molecule is CCC1(c2c(C)ccc(O)c2O)CC(=O)CCC1C(C)C. The van der Waals surface area contributed by atoms with E-state index >= 15 is 0 Å². The highest BCUT2D eigenvalue weighted by Gasteiger charge is 2.47. The minimum atomic E-state index is -0.365. The van der Waals surface area contributed by atoms with Crippen molar-refractivity contribution in [2.45, 2.75) is 58.8 Å². The number of phenols is 2. The molecule has 116 valence electrons. The molecule has 1 aliphatic rings. The molecule has 1 fully saturated rings. The zero-order chi connectivity index (χ0) is 15.8. The van der Waals surface area contributed by atoms with Gasteiger partial charge in [0.1, 0.15) is 5.78 Å². The highest BCUT2D eigenvalue weighted by atomic mass is 16.3.